The number of hydrogen-bond acceptors (Lipinski definition) is 1. The second-order valence-corrected chi connectivity index (χ2v) is 7.56. The predicted molar refractivity (Wildman–Crippen MR) is 115 cm³/mol. The first kappa shape index (κ1) is 19.2. The molecule has 0 saturated carbocycles. The van der Waals surface area contributed by atoms with Gasteiger partial charge in [0.15, 0.2) is 0 Å². The summed E-state index contributed by atoms with van der Waals surface area (Å²) in [7, 11) is 0. The Morgan fingerprint density at radius 3 is 1.96 bits per heavy atom. The van der Waals surface area contributed by atoms with E-state index in [4.69, 9.17) is 4.74 Å². The van der Waals surface area contributed by atoms with Gasteiger partial charge in [-0.2, -0.15) is 0 Å². The summed E-state index contributed by atoms with van der Waals surface area (Å²) >= 11 is 0. The van der Waals surface area contributed by atoms with Crippen LogP contribution in [0.4, 0.5) is 0 Å². The van der Waals surface area contributed by atoms with E-state index in [0.717, 1.165) is 5.75 Å². The smallest absolute Gasteiger partial charge is 0.119 e. The van der Waals surface area contributed by atoms with Gasteiger partial charge in [0.05, 0.1) is 0 Å². The van der Waals surface area contributed by atoms with E-state index >= 15 is 0 Å². The van der Waals surface area contributed by atoms with Crippen LogP contribution >= 0.6 is 0 Å². The number of ether oxygens (including phenoxy) is 1. The monoisotopic (exact) mass is 358 g/mol. The molecule has 0 amide bonds. The Morgan fingerprint density at radius 1 is 0.741 bits per heavy atom. The summed E-state index contributed by atoms with van der Waals surface area (Å²) in [6.07, 6.45) is 2.46. The van der Waals surface area contributed by atoms with Gasteiger partial charge < -0.3 is 4.74 Å². The molecule has 0 aliphatic heterocycles. The maximum atomic E-state index is 5.99. The van der Waals surface area contributed by atoms with Crippen LogP contribution in [0.5, 0.6) is 5.75 Å². The Labute approximate surface area is 164 Å². The molecule has 0 N–H and O–H groups in total. The van der Waals surface area contributed by atoms with Gasteiger partial charge in [0.2, 0.25) is 0 Å². The van der Waals surface area contributed by atoms with Gasteiger partial charge >= 0.3 is 0 Å². The van der Waals surface area contributed by atoms with Crippen LogP contribution in [0.3, 0.4) is 0 Å². The maximum absolute atomic E-state index is 5.99. The van der Waals surface area contributed by atoms with Gasteiger partial charge in [0, 0.05) is 0 Å². The average Bonchev–Trinajstić information content (AvgIpc) is 2.72. The van der Waals surface area contributed by atoms with E-state index in [1.54, 1.807) is 0 Å². The van der Waals surface area contributed by atoms with Gasteiger partial charge in [0.25, 0.3) is 0 Å². The topological polar surface area (TPSA) is 9.23 Å². The number of rotatable bonds is 8. The van der Waals surface area contributed by atoms with Crippen molar-refractivity contribution >= 4 is 0 Å². The summed E-state index contributed by atoms with van der Waals surface area (Å²) < 4.78 is 5.99. The molecule has 1 atom stereocenters. The summed E-state index contributed by atoms with van der Waals surface area (Å²) in [5.74, 6) is 2.24. The fourth-order valence-electron chi connectivity index (χ4n) is 3.60. The molecule has 1 nitrogen and oxygen atoms in total. The third-order valence-corrected chi connectivity index (χ3v) is 5.18. The second kappa shape index (κ2) is 9.41. The molecule has 0 aliphatic carbocycles. The molecule has 0 spiro atoms. The SMILES string of the molecule is CCCC(c1ccc(OCc2ccc(-c3ccccc3)cc2)cc1)C(C)C. The molecule has 1 unspecified atom stereocenters. The van der Waals surface area contributed by atoms with Crippen LogP contribution in [0.1, 0.15) is 50.7 Å². The Kier molecular flexibility index (Phi) is 6.70. The zero-order valence-electron chi connectivity index (χ0n) is 16.7. The van der Waals surface area contributed by atoms with Crippen LogP contribution in [-0.2, 0) is 6.61 Å². The maximum Gasteiger partial charge on any atom is 0.119 e. The lowest BCUT2D eigenvalue weighted by atomic mass is 9.85. The minimum atomic E-state index is 0.594. The third kappa shape index (κ3) is 5.23. The first-order chi connectivity index (χ1) is 13.2. The fraction of sp³-hybridized carbons (Fsp3) is 0.308. The molecule has 3 aromatic carbocycles. The number of benzene rings is 3. The molecule has 0 aliphatic rings. The molecule has 0 bridgehead atoms. The normalized spacial score (nSPS) is 12.1. The van der Waals surface area contributed by atoms with E-state index in [1.165, 1.54) is 35.1 Å². The van der Waals surface area contributed by atoms with Crippen molar-refractivity contribution < 1.29 is 4.74 Å². The van der Waals surface area contributed by atoms with Crippen molar-refractivity contribution in [1.29, 1.82) is 0 Å². The van der Waals surface area contributed by atoms with Gasteiger partial charge in [-0.3, -0.25) is 0 Å². The Hall–Kier alpha value is -2.54. The fourth-order valence-corrected chi connectivity index (χ4v) is 3.60. The van der Waals surface area contributed by atoms with Gasteiger partial charge in [-0.25, -0.2) is 0 Å². The zero-order valence-corrected chi connectivity index (χ0v) is 16.7. The summed E-state index contributed by atoms with van der Waals surface area (Å²) in [4.78, 5) is 0. The highest BCUT2D eigenvalue weighted by Crippen LogP contribution is 2.30. The lowest BCUT2D eigenvalue weighted by molar-refractivity contribution is 0.306. The van der Waals surface area contributed by atoms with Gasteiger partial charge in [0.1, 0.15) is 12.4 Å². The first-order valence-electron chi connectivity index (χ1n) is 10.0. The quantitative estimate of drug-likeness (QED) is 0.406. The van der Waals surface area contributed by atoms with Crippen LogP contribution in [0.2, 0.25) is 0 Å². The standard InChI is InChI=1S/C26H30O/c1-4-8-26(20(2)3)24-15-17-25(18-16-24)27-19-21-11-13-23(14-12-21)22-9-6-5-7-10-22/h5-7,9-18,20,26H,4,8,19H2,1-3H3. The largest absolute Gasteiger partial charge is 0.489 e. The molecule has 1 heteroatoms. The molecule has 0 heterocycles. The first-order valence-corrected chi connectivity index (χ1v) is 10.0. The Morgan fingerprint density at radius 2 is 1.37 bits per heavy atom. The molecule has 0 saturated heterocycles. The van der Waals surface area contributed by atoms with Crippen molar-refractivity contribution in [3.8, 4) is 16.9 Å². The highest BCUT2D eigenvalue weighted by molar-refractivity contribution is 5.63. The lowest BCUT2D eigenvalue weighted by Gasteiger charge is -2.21. The summed E-state index contributed by atoms with van der Waals surface area (Å²) in [6, 6.07) is 27.7. The van der Waals surface area contributed by atoms with Gasteiger partial charge in [-0.15, -0.1) is 0 Å². The van der Waals surface area contributed by atoms with E-state index in [-0.39, 0.29) is 0 Å². The van der Waals surface area contributed by atoms with E-state index < -0.39 is 0 Å². The molecule has 3 rings (SSSR count). The summed E-state index contributed by atoms with van der Waals surface area (Å²) in [5, 5.41) is 0. The molecule has 0 aromatic heterocycles. The van der Waals surface area contributed by atoms with Gasteiger partial charge in [-0.05, 0) is 52.6 Å². The van der Waals surface area contributed by atoms with Crippen molar-refractivity contribution in [3.05, 3.63) is 90.0 Å². The number of hydrogen-bond donors (Lipinski definition) is 0. The highest BCUT2D eigenvalue weighted by atomic mass is 16.5. The molecule has 27 heavy (non-hydrogen) atoms. The minimum Gasteiger partial charge on any atom is -0.489 e. The Balaban J connectivity index is 1.60. The summed E-state index contributed by atoms with van der Waals surface area (Å²) in [6.45, 7) is 7.47. The molecule has 140 valence electrons. The van der Waals surface area contributed by atoms with Crippen molar-refractivity contribution in [2.45, 2.75) is 46.1 Å². The molecule has 0 fully saturated rings. The van der Waals surface area contributed by atoms with Crippen LogP contribution in [-0.4, -0.2) is 0 Å². The molecular formula is C26H30O. The van der Waals surface area contributed by atoms with Gasteiger partial charge in [-0.1, -0.05) is 93.9 Å². The summed E-state index contributed by atoms with van der Waals surface area (Å²) in [5.41, 5.74) is 5.09. The van der Waals surface area contributed by atoms with Crippen molar-refractivity contribution in [1.82, 2.24) is 0 Å². The third-order valence-electron chi connectivity index (χ3n) is 5.18. The second-order valence-electron chi connectivity index (χ2n) is 7.56. The van der Waals surface area contributed by atoms with E-state index in [2.05, 4.69) is 93.6 Å². The van der Waals surface area contributed by atoms with Crippen molar-refractivity contribution in [2.75, 3.05) is 0 Å². The van der Waals surface area contributed by atoms with E-state index in [0.29, 0.717) is 18.4 Å². The average molecular weight is 359 g/mol. The molecule has 0 radical (unpaired) electrons. The zero-order chi connectivity index (χ0) is 19.1. The predicted octanol–water partition coefficient (Wildman–Crippen LogP) is 7.47. The van der Waals surface area contributed by atoms with Crippen LogP contribution in [0.15, 0.2) is 78.9 Å². The van der Waals surface area contributed by atoms with E-state index in [1.807, 2.05) is 6.07 Å². The minimum absolute atomic E-state index is 0.594. The Bertz CT molecular complexity index is 801. The lowest BCUT2D eigenvalue weighted by Crippen LogP contribution is -2.06. The highest BCUT2D eigenvalue weighted by Gasteiger charge is 2.14. The van der Waals surface area contributed by atoms with Crippen LogP contribution in [0.25, 0.3) is 11.1 Å². The van der Waals surface area contributed by atoms with Crippen LogP contribution < -0.4 is 4.74 Å². The van der Waals surface area contributed by atoms with Crippen molar-refractivity contribution in [3.63, 3.8) is 0 Å². The van der Waals surface area contributed by atoms with Crippen LogP contribution in [0, 0.1) is 5.92 Å². The van der Waals surface area contributed by atoms with E-state index in [9.17, 15) is 0 Å². The molecular weight excluding hydrogens is 328 g/mol. The van der Waals surface area contributed by atoms with Crippen molar-refractivity contribution in [2.24, 2.45) is 5.92 Å². The molecule has 3 aromatic rings.